The van der Waals surface area contributed by atoms with Gasteiger partial charge in [-0.2, -0.15) is 13.2 Å². The Morgan fingerprint density at radius 3 is 2.59 bits per heavy atom. The zero-order valence-corrected chi connectivity index (χ0v) is 12.0. The molecule has 1 aromatic carbocycles. The molecule has 1 saturated carbocycles. The van der Waals surface area contributed by atoms with Crippen LogP contribution in [0.5, 0.6) is 0 Å². The number of nitrogens with one attached hydrogen (secondary N) is 2. The smallest absolute Gasteiger partial charge is 0.356 e. The number of amides is 2. The predicted octanol–water partition coefficient (Wildman–Crippen LogP) is 2.20. The lowest BCUT2D eigenvalue weighted by Crippen LogP contribution is -2.31. The van der Waals surface area contributed by atoms with Crippen molar-refractivity contribution in [1.29, 1.82) is 0 Å². The van der Waals surface area contributed by atoms with Crippen molar-refractivity contribution in [3.05, 3.63) is 35.4 Å². The van der Waals surface area contributed by atoms with Crippen LogP contribution in [0.3, 0.4) is 0 Å². The molecule has 0 saturated heterocycles. The van der Waals surface area contributed by atoms with Crippen molar-refractivity contribution < 1.29 is 22.8 Å². The van der Waals surface area contributed by atoms with Gasteiger partial charge in [0.25, 0.3) is 0 Å². The van der Waals surface area contributed by atoms with Gasteiger partial charge >= 0.3 is 6.18 Å². The Kier molecular flexibility index (Phi) is 4.73. The van der Waals surface area contributed by atoms with Gasteiger partial charge < -0.3 is 10.6 Å². The van der Waals surface area contributed by atoms with E-state index in [4.69, 9.17) is 0 Å². The molecule has 2 N–H and O–H groups in total. The lowest BCUT2D eigenvalue weighted by molar-refractivity contribution is -0.138. The minimum Gasteiger partial charge on any atom is -0.356 e. The number of carbonyl (C=O) groups excluding carboxylic acids is 2. The number of rotatable bonds is 5. The van der Waals surface area contributed by atoms with Gasteiger partial charge in [0.2, 0.25) is 11.8 Å². The van der Waals surface area contributed by atoms with Crippen molar-refractivity contribution in [3.63, 3.8) is 0 Å². The quantitative estimate of drug-likeness (QED) is 0.875. The molecule has 0 aliphatic heterocycles. The van der Waals surface area contributed by atoms with E-state index in [0.717, 1.165) is 6.07 Å². The summed E-state index contributed by atoms with van der Waals surface area (Å²) in [6, 6.07) is 5.17. The van der Waals surface area contributed by atoms with E-state index in [-0.39, 0.29) is 42.3 Å². The number of alkyl halides is 3. The van der Waals surface area contributed by atoms with Gasteiger partial charge in [0.1, 0.15) is 0 Å². The minimum absolute atomic E-state index is 0.115. The SMILES string of the molecule is CC(=O)NCCC(=O)N[C@@H]1C[C@H]1c1ccccc1C(F)(F)F. The number of benzene rings is 1. The van der Waals surface area contributed by atoms with E-state index < -0.39 is 11.7 Å². The highest BCUT2D eigenvalue weighted by Gasteiger charge is 2.44. The molecule has 0 unspecified atom stereocenters. The second-order valence-electron chi connectivity index (χ2n) is 5.33. The van der Waals surface area contributed by atoms with E-state index in [2.05, 4.69) is 10.6 Å². The van der Waals surface area contributed by atoms with Gasteiger partial charge in [-0.3, -0.25) is 9.59 Å². The second kappa shape index (κ2) is 6.37. The van der Waals surface area contributed by atoms with Crippen molar-refractivity contribution in [2.75, 3.05) is 6.54 Å². The van der Waals surface area contributed by atoms with E-state index in [1.54, 1.807) is 6.07 Å². The molecule has 1 aromatic rings. The molecule has 4 nitrogen and oxygen atoms in total. The number of carbonyl (C=O) groups is 2. The first-order chi connectivity index (χ1) is 10.3. The van der Waals surface area contributed by atoms with Crippen LogP contribution in [0.4, 0.5) is 13.2 Å². The van der Waals surface area contributed by atoms with E-state index in [0.29, 0.717) is 6.42 Å². The molecule has 120 valence electrons. The average molecular weight is 314 g/mol. The molecule has 1 fully saturated rings. The Morgan fingerprint density at radius 2 is 1.95 bits per heavy atom. The minimum atomic E-state index is -4.39. The maximum atomic E-state index is 12.9. The molecular formula is C15H17F3N2O2. The summed E-state index contributed by atoms with van der Waals surface area (Å²) >= 11 is 0. The Morgan fingerprint density at radius 1 is 1.27 bits per heavy atom. The molecular weight excluding hydrogens is 297 g/mol. The van der Waals surface area contributed by atoms with Gasteiger partial charge in [0.05, 0.1) is 5.56 Å². The number of hydrogen-bond donors (Lipinski definition) is 2. The summed E-state index contributed by atoms with van der Waals surface area (Å²) in [5.74, 6) is -0.801. The van der Waals surface area contributed by atoms with Crippen LogP contribution >= 0.6 is 0 Å². The summed E-state index contributed by atoms with van der Waals surface area (Å²) in [6.45, 7) is 1.57. The fourth-order valence-electron chi connectivity index (χ4n) is 2.41. The highest BCUT2D eigenvalue weighted by molar-refractivity contribution is 5.78. The summed E-state index contributed by atoms with van der Waals surface area (Å²) in [6.07, 6.45) is -3.78. The fraction of sp³-hybridized carbons (Fsp3) is 0.467. The Hall–Kier alpha value is -2.05. The summed E-state index contributed by atoms with van der Waals surface area (Å²) in [4.78, 5) is 22.3. The molecule has 2 amide bonds. The third kappa shape index (κ3) is 4.22. The third-order valence-electron chi connectivity index (χ3n) is 3.53. The zero-order chi connectivity index (χ0) is 16.3. The molecule has 2 atom stereocenters. The van der Waals surface area contributed by atoms with Crippen molar-refractivity contribution in [2.45, 2.75) is 37.9 Å². The molecule has 0 radical (unpaired) electrons. The van der Waals surface area contributed by atoms with Crippen LogP contribution in [-0.2, 0) is 15.8 Å². The van der Waals surface area contributed by atoms with Crippen LogP contribution in [0.15, 0.2) is 24.3 Å². The molecule has 0 bridgehead atoms. The largest absolute Gasteiger partial charge is 0.416 e. The molecule has 7 heteroatoms. The van der Waals surface area contributed by atoms with Crippen molar-refractivity contribution >= 4 is 11.8 Å². The van der Waals surface area contributed by atoms with Gasteiger partial charge in [-0.25, -0.2) is 0 Å². The topological polar surface area (TPSA) is 58.2 Å². The third-order valence-corrected chi connectivity index (χ3v) is 3.53. The molecule has 0 aromatic heterocycles. The summed E-state index contributed by atoms with van der Waals surface area (Å²) < 4.78 is 38.8. The van der Waals surface area contributed by atoms with Crippen LogP contribution in [0.1, 0.15) is 36.8 Å². The Bertz CT molecular complexity index is 572. The standard InChI is InChI=1S/C15H17F3N2O2/c1-9(21)19-7-6-14(22)20-13-8-11(13)10-4-2-3-5-12(10)15(16,17)18/h2-5,11,13H,6-8H2,1H3,(H,19,21)(H,20,22)/t11-,13+/m0/s1. The molecule has 2 rings (SSSR count). The molecule has 1 aliphatic rings. The Labute approximate surface area is 126 Å². The fourth-order valence-corrected chi connectivity index (χ4v) is 2.41. The van der Waals surface area contributed by atoms with Gasteiger partial charge in [-0.1, -0.05) is 18.2 Å². The summed E-state index contributed by atoms with van der Waals surface area (Å²) in [7, 11) is 0. The van der Waals surface area contributed by atoms with Gasteiger partial charge in [0, 0.05) is 31.8 Å². The maximum absolute atomic E-state index is 12.9. The van der Waals surface area contributed by atoms with Crippen LogP contribution < -0.4 is 10.6 Å². The Balaban J connectivity index is 1.91. The van der Waals surface area contributed by atoms with E-state index in [1.807, 2.05) is 0 Å². The first kappa shape index (κ1) is 16.3. The van der Waals surface area contributed by atoms with Gasteiger partial charge in [-0.05, 0) is 18.1 Å². The monoisotopic (exact) mass is 314 g/mol. The predicted molar refractivity (Wildman–Crippen MR) is 74.0 cm³/mol. The first-order valence-corrected chi connectivity index (χ1v) is 6.99. The van der Waals surface area contributed by atoms with Crippen LogP contribution in [0.25, 0.3) is 0 Å². The summed E-state index contributed by atoms with van der Waals surface area (Å²) in [5, 5.41) is 5.19. The van der Waals surface area contributed by atoms with Crippen LogP contribution in [-0.4, -0.2) is 24.4 Å². The summed E-state index contributed by atoms with van der Waals surface area (Å²) in [5.41, 5.74) is -0.419. The van der Waals surface area contributed by atoms with Crippen LogP contribution in [0, 0.1) is 0 Å². The van der Waals surface area contributed by atoms with Gasteiger partial charge in [0.15, 0.2) is 0 Å². The van der Waals surface area contributed by atoms with Crippen molar-refractivity contribution in [3.8, 4) is 0 Å². The highest BCUT2D eigenvalue weighted by atomic mass is 19.4. The molecule has 1 aliphatic carbocycles. The van der Waals surface area contributed by atoms with Crippen molar-refractivity contribution in [1.82, 2.24) is 10.6 Å². The second-order valence-corrected chi connectivity index (χ2v) is 5.33. The van der Waals surface area contributed by atoms with Crippen LogP contribution in [0.2, 0.25) is 0 Å². The van der Waals surface area contributed by atoms with E-state index in [1.165, 1.54) is 19.1 Å². The lowest BCUT2D eigenvalue weighted by atomic mass is 10.0. The highest BCUT2D eigenvalue weighted by Crippen LogP contribution is 2.46. The van der Waals surface area contributed by atoms with Crippen molar-refractivity contribution in [2.24, 2.45) is 0 Å². The molecule has 22 heavy (non-hydrogen) atoms. The maximum Gasteiger partial charge on any atom is 0.416 e. The lowest BCUT2D eigenvalue weighted by Gasteiger charge is -2.12. The van der Waals surface area contributed by atoms with Gasteiger partial charge in [-0.15, -0.1) is 0 Å². The number of hydrogen-bond acceptors (Lipinski definition) is 2. The molecule has 0 heterocycles. The average Bonchev–Trinajstić information content (AvgIpc) is 3.16. The van der Waals surface area contributed by atoms with E-state index >= 15 is 0 Å². The van der Waals surface area contributed by atoms with E-state index in [9.17, 15) is 22.8 Å². The molecule has 0 spiro atoms. The zero-order valence-electron chi connectivity index (χ0n) is 12.0. The number of halogens is 3. The normalized spacial score (nSPS) is 20.4. The first-order valence-electron chi connectivity index (χ1n) is 6.99.